The number of nitrogens with zero attached hydrogens (tertiary/aromatic N) is 2. The number of carbonyl (C=O) groups is 1. The minimum absolute atomic E-state index is 0.0510. The van der Waals surface area contributed by atoms with Crippen LogP contribution < -0.4 is 29.6 Å². The Labute approximate surface area is 248 Å². The molecule has 1 aromatic heterocycles. The second-order valence-corrected chi connectivity index (χ2v) is 11.0. The van der Waals surface area contributed by atoms with Crippen molar-refractivity contribution in [3.63, 3.8) is 0 Å². The smallest absolute Gasteiger partial charge is 0.265 e. The van der Waals surface area contributed by atoms with Crippen LogP contribution in [0, 0.1) is 6.92 Å². The fourth-order valence-electron chi connectivity index (χ4n) is 4.32. The van der Waals surface area contributed by atoms with Crippen molar-refractivity contribution in [2.45, 2.75) is 11.8 Å². The van der Waals surface area contributed by atoms with E-state index in [0.717, 1.165) is 5.56 Å². The summed E-state index contributed by atoms with van der Waals surface area (Å²) in [7, 11) is 0.288. The lowest BCUT2D eigenvalue weighted by molar-refractivity contribution is 0.102. The van der Waals surface area contributed by atoms with Gasteiger partial charge in [0.2, 0.25) is 0 Å². The van der Waals surface area contributed by atoms with E-state index in [1.54, 1.807) is 66.7 Å². The van der Waals surface area contributed by atoms with Gasteiger partial charge >= 0.3 is 0 Å². The van der Waals surface area contributed by atoms with Crippen molar-refractivity contribution in [3.05, 3.63) is 96.1 Å². The Kier molecular flexibility index (Phi) is 8.30. The first kappa shape index (κ1) is 29.1. The molecule has 0 bridgehead atoms. The molecule has 220 valence electrons. The molecule has 12 heteroatoms. The fourth-order valence-corrected chi connectivity index (χ4v) is 5.49. The Morgan fingerprint density at radius 2 is 1.37 bits per heavy atom. The van der Waals surface area contributed by atoms with Crippen LogP contribution in [0.15, 0.2) is 89.8 Å². The molecule has 0 fully saturated rings. The van der Waals surface area contributed by atoms with Crippen LogP contribution in [0.3, 0.4) is 0 Å². The molecule has 3 N–H and O–H groups in total. The van der Waals surface area contributed by atoms with E-state index in [1.165, 1.54) is 33.5 Å². The van der Waals surface area contributed by atoms with E-state index in [-0.39, 0.29) is 22.2 Å². The number of benzene rings is 4. The number of methoxy groups -OCH3 is 3. The van der Waals surface area contributed by atoms with Crippen molar-refractivity contribution in [1.29, 1.82) is 0 Å². The summed E-state index contributed by atoms with van der Waals surface area (Å²) in [5, 5.41) is 5.84. The van der Waals surface area contributed by atoms with E-state index < -0.39 is 15.9 Å². The lowest BCUT2D eigenvalue weighted by atomic mass is 10.1. The Morgan fingerprint density at radius 1 is 0.744 bits per heavy atom. The molecule has 0 saturated carbocycles. The average Bonchev–Trinajstić information content (AvgIpc) is 3.01. The standard InChI is InChI=1S/C31H29N5O6S/c1-19-13-14-20(15-27(19)42-4)31(37)35-26-11-7-8-12-28(26)43(38,39)36-30-29(33-24-9-5-6-10-25(24)34-30)32-21-16-22(40-2)18-23(17-21)41-3/h5-18H,1-4H3,(H,32,33)(H,34,36)(H,35,37). The molecule has 1 heterocycles. The van der Waals surface area contributed by atoms with Crippen LogP contribution in [0.4, 0.5) is 23.0 Å². The number of aryl methyl sites for hydroxylation is 1. The molecule has 1 amide bonds. The van der Waals surface area contributed by atoms with Gasteiger partial charge in [0.1, 0.15) is 22.1 Å². The van der Waals surface area contributed by atoms with Crippen LogP contribution in [0.25, 0.3) is 11.0 Å². The second-order valence-electron chi connectivity index (χ2n) is 9.38. The van der Waals surface area contributed by atoms with Gasteiger partial charge in [-0.2, -0.15) is 0 Å². The molecule has 0 aliphatic carbocycles. The third-order valence-electron chi connectivity index (χ3n) is 6.51. The van der Waals surface area contributed by atoms with Crippen molar-refractivity contribution in [2.75, 3.05) is 36.7 Å². The predicted molar refractivity (Wildman–Crippen MR) is 165 cm³/mol. The zero-order valence-corrected chi connectivity index (χ0v) is 24.7. The van der Waals surface area contributed by atoms with Gasteiger partial charge in [-0.25, -0.2) is 18.4 Å². The maximum absolute atomic E-state index is 13.8. The number of ether oxygens (including phenoxy) is 3. The third kappa shape index (κ3) is 6.44. The van der Waals surface area contributed by atoms with Gasteiger partial charge in [0, 0.05) is 29.4 Å². The highest BCUT2D eigenvalue weighted by Crippen LogP contribution is 2.32. The highest BCUT2D eigenvalue weighted by molar-refractivity contribution is 7.92. The van der Waals surface area contributed by atoms with E-state index in [9.17, 15) is 13.2 Å². The number of carbonyl (C=O) groups excluding carboxylic acids is 1. The number of hydrogen-bond acceptors (Lipinski definition) is 9. The molecule has 0 spiro atoms. The number of hydrogen-bond donors (Lipinski definition) is 3. The Morgan fingerprint density at radius 3 is 2.02 bits per heavy atom. The number of nitrogens with one attached hydrogen (secondary N) is 3. The van der Waals surface area contributed by atoms with Crippen molar-refractivity contribution >= 4 is 50.0 Å². The molecule has 0 unspecified atom stereocenters. The first-order valence-corrected chi connectivity index (χ1v) is 14.5. The number of fused-ring (bicyclic) bond motifs is 1. The summed E-state index contributed by atoms with van der Waals surface area (Å²) < 4.78 is 46.2. The normalized spacial score (nSPS) is 11.1. The van der Waals surface area contributed by atoms with E-state index in [4.69, 9.17) is 14.2 Å². The van der Waals surface area contributed by atoms with Gasteiger partial charge in [0.15, 0.2) is 11.6 Å². The molecule has 11 nitrogen and oxygen atoms in total. The first-order chi connectivity index (χ1) is 20.7. The van der Waals surface area contributed by atoms with Gasteiger partial charge in [-0.1, -0.05) is 30.3 Å². The molecule has 5 rings (SSSR count). The van der Waals surface area contributed by atoms with Gasteiger partial charge < -0.3 is 24.8 Å². The lowest BCUT2D eigenvalue weighted by Gasteiger charge is -2.16. The van der Waals surface area contributed by atoms with Crippen LogP contribution in [0.2, 0.25) is 0 Å². The van der Waals surface area contributed by atoms with Gasteiger partial charge in [0.25, 0.3) is 15.9 Å². The molecule has 0 aliphatic rings. The first-order valence-electron chi connectivity index (χ1n) is 13.1. The number of sulfonamides is 1. The van der Waals surface area contributed by atoms with E-state index in [0.29, 0.717) is 39.5 Å². The van der Waals surface area contributed by atoms with E-state index in [1.807, 2.05) is 13.0 Å². The number of anilines is 4. The number of rotatable bonds is 10. The van der Waals surface area contributed by atoms with Crippen LogP contribution in [0.1, 0.15) is 15.9 Å². The van der Waals surface area contributed by atoms with Crippen LogP contribution >= 0.6 is 0 Å². The SMILES string of the molecule is COc1cc(Nc2nc3ccccc3nc2NS(=O)(=O)c2ccccc2NC(=O)c2ccc(C)c(OC)c2)cc(OC)c1. The largest absolute Gasteiger partial charge is 0.497 e. The highest BCUT2D eigenvalue weighted by Gasteiger charge is 2.23. The average molecular weight is 600 g/mol. The fraction of sp³-hybridized carbons (Fsp3) is 0.129. The molecule has 0 radical (unpaired) electrons. The van der Waals surface area contributed by atoms with Gasteiger partial charge in [0.05, 0.1) is 38.1 Å². The summed E-state index contributed by atoms with van der Waals surface area (Å²) in [4.78, 5) is 22.1. The number of amides is 1. The van der Waals surface area contributed by atoms with Crippen molar-refractivity contribution in [1.82, 2.24) is 9.97 Å². The Balaban J connectivity index is 1.51. The minimum atomic E-state index is -4.28. The number of aromatic nitrogens is 2. The molecular weight excluding hydrogens is 570 g/mol. The minimum Gasteiger partial charge on any atom is -0.497 e. The lowest BCUT2D eigenvalue weighted by Crippen LogP contribution is -2.20. The predicted octanol–water partition coefficient (Wildman–Crippen LogP) is 5.76. The molecular formula is C31H29N5O6S. The Bertz CT molecular complexity index is 1910. The summed E-state index contributed by atoms with van der Waals surface area (Å²) in [5.41, 5.74) is 2.80. The second kappa shape index (κ2) is 12.2. The molecule has 5 aromatic rings. The monoisotopic (exact) mass is 599 g/mol. The summed E-state index contributed by atoms with van der Waals surface area (Å²) >= 11 is 0. The zero-order valence-electron chi connectivity index (χ0n) is 23.8. The Hall–Kier alpha value is -5.36. The summed E-state index contributed by atoms with van der Waals surface area (Å²) in [6, 6.07) is 23.3. The quantitative estimate of drug-likeness (QED) is 0.183. The molecule has 0 atom stereocenters. The van der Waals surface area contributed by atoms with Crippen LogP contribution in [0.5, 0.6) is 17.2 Å². The summed E-state index contributed by atoms with van der Waals surface area (Å²) in [6.07, 6.45) is 0. The third-order valence-corrected chi connectivity index (χ3v) is 7.91. The van der Waals surface area contributed by atoms with Gasteiger partial charge in [-0.05, 0) is 48.9 Å². The molecule has 43 heavy (non-hydrogen) atoms. The number of para-hydroxylation sites is 3. The van der Waals surface area contributed by atoms with Gasteiger partial charge in [-0.3, -0.25) is 9.52 Å². The molecule has 0 saturated heterocycles. The van der Waals surface area contributed by atoms with Crippen molar-refractivity contribution in [3.8, 4) is 17.2 Å². The summed E-state index contributed by atoms with van der Waals surface area (Å²) in [6.45, 7) is 1.86. The van der Waals surface area contributed by atoms with Gasteiger partial charge in [-0.15, -0.1) is 0 Å². The van der Waals surface area contributed by atoms with Crippen molar-refractivity contribution < 1.29 is 27.4 Å². The zero-order chi connectivity index (χ0) is 30.6. The maximum Gasteiger partial charge on any atom is 0.265 e. The molecule has 4 aromatic carbocycles. The highest BCUT2D eigenvalue weighted by atomic mass is 32.2. The van der Waals surface area contributed by atoms with Crippen LogP contribution in [-0.4, -0.2) is 45.6 Å². The molecule has 0 aliphatic heterocycles. The van der Waals surface area contributed by atoms with E-state index in [2.05, 4.69) is 25.3 Å². The van der Waals surface area contributed by atoms with Crippen LogP contribution in [-0.2, 0) is 10.0 Å². The van der Waals surface area contributed by atoms with Crippen molar-refractivity contribution in [2.24, 2.45) is 0 Å². The topological polar surface area (TPSA) is 141 Å². The maximum atomic E-state index is 13.8. The summed E-state index contributed by atoms with van der Waals surface area (Å²) in [5.74, 6) is 1.18. The van der Waals surface area contributed by atoms with E-state index >= 15 is 0 Å².